The molecule has 0 saturated heterocycles. The molecule has 2 aromatic rings. The molecule has 1 aromatic carbocycles. The molecule has 0 saturated carbocycles. The van der Waals surface area contributed by atoms with Crippen LogP contribution in [0, 0.1) is 0 Å². The second-order valence-corrected chi connectivity index (χ2v) is 9.83. The lowest BCUT2D eigenvalue weighted by atomic mass is 9.95. The third-order valence-corrected chi connectivity index (χ3v) is 7.30. The maximum atomic E-state index is 12.5. The number of para-hydroxylation sites is 1. The molecule has 0 bridgehead atoms. The van der Waals surface area contributed by atoms with Gasteiger partial charge in [0.1, 0.15) is 35.7 Å². The first-order valence-corrected chi connectivity index (χ1v) is 11.8. The molecule has 3 rings (SSSR count). The topological polar surface area (TPSA) is 117 Å². The molecule has 1 aromatic heterocycles. The number of rotatable bonds is 10. The van der Waals surface area contributed by atoms with Crippen molar-refractivity contribution < 1.29 is 32.9 Å². The van der Waals surface area contributed by atoms with Gasteiger partial charge in [0, 0.05) is 0 Å². The van der Waals surface area contributed by atoms with Crippen LogP contribution in [-0.2, 0) is 16.4 Å². The second-order valence-electron chi connectivity index (χ2n) is 7.65. The summed E-state index contributed by atoms with van der Waals surface area (Å²) in [5.74, 6) is 1.44. The highest BCUT2D eigenvalue weighted by molar-refractivity contribution is 7.92. The smallest absolute Gasteiger partial charge is 0.163 e. The van der Waals surface area contributed by atoms with Crippen LogP contribution >= 0.6 is 0 Å². The number of benzene rings is 1. The maximum absolute atomic E-state index is 12.5. The van der Waals surface area contributed by atoms with Gasteiger partial charge in [0.25, 0.3) is 0 Å². The number of hydrogen-bond donors (Lipinski definition) is 3. The fourth-order valence-electron chi connectivity index (χ4n) is 3.71. The van der Waals surface area contributed by atoms with E-state index in [1.54, 1.807) is 24.3 Å². The molecule has 0 unspecified atom stereocenters. The first kappa shape index (κ1) is 23.3. The van der Waals surface area contributed by atoms with Crippen LogP contribution < -0.4 is 4.74 Å². The molecule has 0 amide bonds. The average Bonchev–Trinajstić information content (AvgIpc) is 3.31. The lowest BCUT2D eigenvalue weighted by molar-refractivity contribution is 0.187. The van der Waals surface area contributed by atoms with Gasteiger partial charge in [-0.05, 0) is 61.3 Å². The SMILES string of the molecule is C/C(=C\c1ccc(CO)o1)CC[C@@H](O)C1=C(COc2ccccc2)CS(=O)(=O)[C@H]1CO. The zero-order chi connectivity index (χ0) is 22.4. The molecule has 8 heteroatoms. The van der Waals surface area contributed by atoms with Crippen molar-refractivity contribution in [3.8, 4) is 5.75 Å². The molecule has 31 heavy (non-hydrogen) atoms. The number of hydrogen-bond acceptors (Lipinski definition) is 7. The largest absolute Gasteiger partial charge is 0.489 e. The predicted octanol–water partition coefficient (Wildman–Crippen LogP) is 2.48. The van der Waals surface area contributed by atoms with Crippen molar-refractivity contribution in [2.45, 2.75) is 37.7 Å². The van der Waals surface area contributed by atoms with Gasteiger partial charge in [-0.3, -0.25) is 0 Å². The lowest BCUT2D eigenvalue weighted by Gasteiger charge is -2.19. The monoisotopic (exact) mass is 448 g/mol. The van der Waals surface area contributed by atoms with Gasteiger partial charge in [-0.1, -0.05) is 23.8 Å². The van der Waals surface area contributed by atoms with Crippen molar-refractivity contribution in [2.24, 2.45) is 0 Å². The number of sulfone groups is 1. The van der Waals surface area contributed by atoms with Crippen LogP contribution in [-0.4, -0.2) is 54.1 Å². The van der Waals surface area contributed by atoms with Gasteiger partial charge in [-0.15, -0.1) is 0 Å². The van der Waals surface area contributed by atoms with Crippen LogP contribution in [0.1, 0.15) is 31.3 Å². The van der Waals surface area contributed by atoms with E-state index < -0.39 is 27.8 Å². The summed E-state index contributed by atoms with van der Waals surface area (Å²) in [5.41, 5.74) is 1.77. The normalized spacial score (nSPS) is 19.6. The Labute approximate surface area is 182 Å². The van der Waals surface area contributed by atoms with E-state index in [1.165, 1.54) is 0 Å². The van der Waals surface area contributed by atoms with Crippen molar-refractivity contribution in [1.82, 2.24) is 0 Å². The van der Waals surface area contributed by atoms with Crippen molar-refractivity contribution in [3.63, 3.8) is 0 Å². The van der Waals surface area contributed by atoms with Crippen LogP contribution in [0.4, 0.5) is 0 Å². The predicted molar refractivity (Wildman–Crippen MR) is 117 cm³/mol. The van der Waals surface area contributed by atoms with E-state index in [4.69, 9.17) is 14.3 Å². The summed E-state index contributed by atoms with van der Waals surface area (Å²) in [4.78, 5) is 0. The Balaban J connectivity index is 1.72. The van der Waals surface area contributed by atoms with Crippen molar-refractivity contribution in [1.29, 1.82) is 0 Å². The van der Waals surface area contributed by atoms with Crippen molar-refractivity contribution in [2.75, 3.05) is 19.0 Å². The standard InChI is InChI=1S/C23H28O7S/c1-16(11-19-8-9-20(12-24)30-19)7-10-21(26)23-17(15-31(27,28)22(23)13-25)14-29-18-5-3-2-4-6-18/h2-6,8-9,11,21-22,24-26H,7,10,12-15H2,1H3/b16-11+/t21-,22+/m1/s1. The number of aliphatic hydroxyl groups is 3. The Morgan fingerprint density at radius 2 is 1.97 bits per heavy atom. The van der Waals surface area contributed by atoms with Gasteiger partial charge in [0.2, 0.25) is 0 Å². The third kappa shape index (κ3) is 5.86. The highest BCUT2D eigenvalue weighted by Gasteiger charge is 2.41. The summed E-state index contributed by atoms with van der Waals surface area (Å²) in [6.45, 7) is 1.17. The van der Waals surface area contributed by atoms with Gasteiger partial charge in [0.05, 0.1) is 18.5 Å². The van der Waals surface area contributed by atoms with Gasteiger partial charge in [0.15, 0.2) is 9.84 Å². The van der Waals surface area contributed by atoms with E-state index in [0.717, 1.165) is 5.57 Å². The van der Waals surface area contributed by atoms with E-state index in [9.17, 15) is 18.6 Å². The zero-order valence-electron chi connectivity index (χ0n) is 17.4. The molecule has 7 nitrogen and oxygen atoms in total. The fraction of sp³-hybridized carbons (Fsp3) is 0.391. The van der Waals surface area contributed by atoms with Gasteiger partial charge < -0.3 is 24.5 Å². The Morgan fingerprint density at radius 3 is 2.61 bits per heavy atom. The minimum atomic E-state index is -3.59. The lowest BCUT2D eigenvalue weighted by Crippen LogP contribution is -2.29. The van der Waals surface area contributed by atoms with E-state index in [2.05, 4.69) is 0 Å². The van der Waals surface area contributed by atoms with Crippen LogP contribution in [0.25, 0.3) is 6.08 Å². The summed E-state index contributed by atoms with van der Waals surface area (Å²) in [5, 5.41) is 28.5. The molecular weight excluding hydrogens is 420 g/mol. The molecule has 0 aliphatic carbocycles. The molecule has 0 fully saturated rings. The molecule has 0 spiro atoms. The minimum Gasteiger partial charge on any atom is -0.489 e. The Kier molecular flexibility index (Phi) is 7.72. The van der Waals surface area contributed by atoms with Crippen LogP contribution in [0.3, 0.4) is 0 Å². The molecule has 1 aliphatic heterocycles. The third-order valence-electron chi connectivity index (χ3n) is 5.28. The average molecular weight is 449 g/mol. The zero-order valence-corrected chi connectivity index (χ0v) is 18.2. The quantitative estimate of drug-likeness (QED) is 0.478. The maximum Gasteiger partial charge on any atom is 0.163 e. The molecule has 3 N–H and O–H groups in total. The summed E-state index contributed by atoms with van der Waals surface area (Å²) in [7, 11) is -3.59. The van der Waals surface area contributed by atoms with Gasteiger partial charge in [-0.2, -0.15) is 0 Å². The van der Waals surface area contributed by atoms with Crippen molar-refractivity contribution >= 4 is 15.9 Å². The van der Waals surface area contributed by atoms with Crippen molar-refractivity contribution in [3.05, 3.63) is 70.7 Å². The van der Waals surface area contributed by atoms with E-state index in [1.807, 2.05) is 31.2 Å². The highest BCUT2D eigenvalue weighted by atomic mass is 32.2. The summed E-state index contributed by atoms with van der Waals surface area (Å²) < 4.78 is 36.2. The Morgan fingerprint density at radius 1 is 1.23 bits per heavy atom. The number of ether oxygens (including phenoxy) is 1. The summed E-state index contributed by atoms with van der Waals surface area (Å²) in [6.07, 6.45) is 1.60. The van der Waals surface area contributed by atoms with Crippen LogP contribution in [0.5, 0.6) is 5.75 Å². The minimum absolute atomic E-state index is 0.0390. The van der Waals surface area contributed by atoms with E-state index in [-0.39, 0.29) is 19.0 Å². The summed E-state index contributed by atoms with van der Waals surface area (Å²) in [6, 6.07) is 12.5. The molecule has 0 radical (unpaired) electrons. The number of allylic oxidation sites excluding steroid dienone is 1. The van der Waals surface area contributed by atoms with E-state index in [0.29, 0.717) is 41.3 Å². The molecule has 1 aliphatic rings. The molecule has 168 valence electrons. The van der Waals surface area contributed by atoms with E-state index >= 15 is 0 Å². The second kappa shape index (κ2) is 10.3. The highest BCUT2D eigenvalue weighted by Crippen LogP contribution is 2.32. The Bertz CT molecular complexity index is 1030. The van der Waals surface area contributed by atoms with Gasteiger partial charge in [-0.25, -0.2) is 8.42 Å². The first-order valence-electron chi connectivity index (χ1n) is 10.1. The first-order chi connectivity index (χ1) is 14.8. The number of furan rings is 1. The van der Waals surface area contributed by atoms with Crippen LogP contribution in [0.2, 0.25) is 0 Å². The molecular formula is C23H28O7S. The number of aliphatic hydroxyl groups excluding tert-OH is 3. The van der Waals surface area contributed by atoms with Crippen LogP contribution in [0.15, 0.2) is 63.6 Å². The van der Waals surface area contributed by atoms with Gasteiger partial charge >= 0.3 is 0 Å². The molecule has 2 atom stereocenters. The summed E-state index contributed by atoms with van der Waals surface area (Å²) >= 11 is 0. The molecule has 2 heterocycles. The Hall–Kier alpha value is -2.39. The fourth-order valence-corrected chi connectivity index (χ4v) is 5.59.